The van der Waals surface area contributed by atoms with Gasteiger partial charge >= 0.3 is 0 Å². The molecule has 0 aliphatic heterocycles. The number of fused-ring (bicyclic) bond motifs is 1. The van der Waals surface area contributed by atoms with E-state index < -0.39 is 0 Å². The van der Waals surface area contributed by atoms with Crippen molar-refractivity contribution in [3.05, 3.63) is 40.1 Å². The molecule has 0 saturated carbocycles. The summed E-state index contributed by atoms with van der Waals surface area (Å²) in [7, 11) is 4.08. The number of carbonyl (C=O) groups is 1. The average Bonchev–Trinajstić information content (AvgIpc) is 3.21. The van der Waals surface area contributed by atoms with Crippen molar-refractivity contribution in [1.82, 2.24) is 19.7 Å². The van der Waals surface area contributed by atoms with Gasteiger partial charge in [-0.05, 0) is 72.1 Å². The normalized spacial score (nSPS) is 11.7. The van der Waals surface area contributed by atoms with Crippen LogP contribution in [-0.2, 0) is 0 Å². The van der Waals surface area contributed by atoms with Gasteiger partial charge in [-0.1, -0.05) is 27.3 Å². The third kappa shape index (κ3) is 4.61. The molecule has 0 saturated heterocycles. The molecule has 6 nitrogen and oxygen atoms in total. The van der Waals surface area contributed by atoms with E-state index in [-0.39, 0.29) is 11.9 Å². The number of hydrogen-bond acceptors (Lipinski definition) is 5. The van der Waals surface area contributed by atoms with Gasteiger partial charge in [0.2, 0.25) is 0 Å². The highest BCUT2D eigenvalue weighted by Gasteiger charge is 2.25. The van der Waals surface area contributed by atoms with Gasteiger partial charge < -0.3 is 4.90 Å². The number of carbonyl (C=O) groups excluding carboxylic acids is 1. The highest BCUT2D eigenvalue weighted by molar-refractivity contribution is 9.10. The number of aryl methyl sites for hydroxylation is 1. The molecule has 8 heteroatoms. The first-order valence-corrected chi connectivity index (χ1v) is 11.0. The summed E-state index contributed by atoms with van der Waals surface area (Å²) in [6.45, 7) is 7.51. The molecule has 0 aliphatic rings. The predicted molar refractivity (Wildman–Crippen MR) is 120 cm³/mol. The molecule has 3 rings (SSSR count). The summed E-state index contributed by atoms with van der Waals surface area (Å²) in [5.41, 5.74) is 2.36. The fraction of sp³-hybridized carbons (Fsp3) is 0.450. The van der Waals surface area contributed by atoms with Gasteiger partial charge in [-0.15, -0.1) is 0 Å². The lowest BCUT2D eigenvalue weighted by atomic mass is 10.3. The van der Waals surface area contributed by atoms with Crippen molar-refractivity contribution in [2.24, 2.45) is 0 Å². The standard InChI is InChI=1S/C20H26BrN5OS/c1-13(2)26-17(11-14(3)23-26)19(27)25(10-6-9-24(4)5)20-22-16-8-7-15(21)12-18(16)28-20/h7-8,11-13H,6,9-10H2,1-5H3. The highest BCUT2D eigenvalue weighted by atomic mass is 79.9. The number of hydrogen-bond donors (Lipinski definition) is 0. The Balaban J connectivity index is 1.99. The largest absolute Gasteiger partial charge is 0.309 e. The second-order valence-electron chi connectivity index (χ2n) is 7.43. The number of halogens is 1. The van der Waals surface area contributed by atoms with E-state index in [0.29, 0.717) is 12.2 Å². The molecule has 0 N–H and O–H groups in total. The molecule has 0 spiro atoms. The van der Waals surface area contributed by atoms with Gasteiger partial charge in [0.25, 0.3) is 5.91 Å². The highest BCUT2D eigenvalue weighted by Crippen LogP contribution is 2.32. The van der Waals surface area contributed by atoms with Crippen LogP contribution in [0.2, 0.25) is 0 Å². The van der Waals surface area contributed by atoms with Gasteiger partial charge in [-0.25, -0.2) is 4.98 Å². The van der Waals surface area contributed by atoms with Gasteiger partial charge in [-0.2, -0.15) is 5.10 Å². The Morgan fingerprint density at radius 2 is 2.00 bits per heavy atom. The van der Waals surface area contributed by atoms with Crippen LogP contribution in [0.5, 0.6) is 0 Å². The molecule has 0 unspecified atom stereocenters. The molecule has 0 atom stereocenters. The number of aromatic nitrogens is 3. The number of benzene rings is 1. The third-order valence-corrected chi connectivity index (χ3v) is 5.90. The first-order valence-electron chi connectivity index (χ1n) is 9.35. The quantitative estimate of drug-likeness (QED) is 0.507. The average molecular weight is 464 g/mol. The van der Waals surface area contributed by atoms with Crippen molar-refractivity contribution in [2.45, 2.75) is 33.2 Å². The van der Waals surface area contributed by atoms with E-state index in [1.54, 1.807) is 20.9 Å². The monoisotopic (exact) mass is 463 g/mol. The van der Waals surface area contributed by atoms with Crippen molar-refractivity contribution >= 4 is 48.5 Å². The van der Waals surface area contributed by atoms with Crippen LogP contribution < -0.4 is 4.90 Å². The maximum absolute atomic E-state index is 13.5. The first-order chi connectivity index (χ1) is 13.3. The number of anilines is 1. The van der Waals surface area contributed by atoms with Crippen LogP contribution in [0.4, 0.5) is 5.13 Å². The Morgan fingerprint density at radius 3 is 2.68 bits per heavy atom. The van der Waals surface area contributed by atoms with Crippen LogP contribution in [0.1, 0.15) is 42.5 Å². The Hall–Kier alpha value is -1.77. The van der Waals surface area contributed by atoms with Crippen molar-refractivity contribution in [3.63, 3.8) is 0 Å². The minimum atomic E-state index is -0.0498. The van der Waals surface area contributed by atoms with Crippen LogP contribution in [-0.4, -0.2) is 52.8 Å². The fourth-order valence-corrected chi connectivity index (χ4v) is 4.58. The zero-order valence-electron chi connectivity index (χ0n) is 16.9. The molecule has 0 aliphatic carbocycles. The second-order valence-corrected chi connectivity index (χ2v) is 9.36. The van der Waals surface area contributed by atoms with Crippen molar-refractivity contribution in [2.75, 3.05) is 32.1 Å². The lowest BCUT2D eigenvalue weighted by Gasteiger charge is -2.22. The molecular weight excluding hydrogens is 438 g/mol. The first kappa shape index (κ1) is 21.0. The molecule has 2 heterocycles. The predicted octanol–water partition coefficient (Wildman–Crippen LogP) is 4.74. The molecule has 150 valence electrons. The van der Waals surface area contributed by atoms with Gasteiger partial charge in [0, 0.05) is 17.1 Å². The van der Waals surface area contributed by atoms with Gasteiger partial charge in [0.15, 0.2) is 5.13 Å². The van der Waals surface area contributed by atoms with E-state index in [1.807, 2.05) is 59.1 Å². The topological polar surface area (TPSA) is 54.3 Å². The molecule has 1 aromatic carbocycles. The summed E-state index contributed by atoms with van der Waals surface area (Å²) in [6, 6.07) is 7.97. The van der Waals surface area contributed by atoms with E-state index in [4.69, 9.17) is 4.98 Å². The minimum absolute atomic E-state index is 0.0498. The molecule has 0 fully saturated rings. The van der Waals surface area contributed by atoms with Gasteiger partial charge in [-0.3, -0.25) is 14.4 Å². The lowest BCUT2D eigenvalue weighted by Crippen LogP contribution is -2.35. The van der Waals surface area contributed by atoms with Crippen molar-refractivity contribution in [1.29, 1.82) is 0 Å². The van der Waals surface area contributed by atoms with E-state index in [9.17, 15) is 4.79 Å². The second kappa shape index (κ2) is 8.71. The summed E-state index contributed by atoms with van der Waals surface area (Å²) in [4.78, 5) is 22.2. The summed E-state index contributed by atoms with van der Waals surface area (Å²) < 4.78 is 3.87. The van der Waals surface area contributed by atoms with Gasteiger partial charge in [0.1, 0.15) is 5.69 Å². The minimum Gasteiger partial charge on any atom is -0.309 e. The molecule has 0 bridgehead atoms. The van der Waals surface area contributed by atoms with Gasteiger partial charge in [0.05, 0.1) is 15.9 Å². The van der Waals surface area contributed by atoms with Crippen LogP contribution >= 0.6 is 27.3 Å². The summed E-state index contributed by atoms with van der Waals surface area (Å²) in [5.74, 6) is -0.0498. The zero-order valence-corrected chi connectivity index (χ0v) is 19.3. The fourth-order valence-electron chi connectivity index (χ4n) is 3.04. The SMILES string of the molecule is Cc1cc(C(=O)N(CCCN(C)C)c2nc3ccc(Br)cc3s2)n(C(C)C)n1. The number of amides is 1. The van der Waals surface area contributed by atoms with Crippen LogP contribution in [0.25, 0.3) is 10.2 Å². The Bertz CT molecular complexity index is 978. The summed E-state index contributed by atoms with van der Waals surface area (Å²) in [6.07, 6.45) is 0.868. The Morgan fingerprint density at radius 1 is 1.25 bits per heavy atom. The van der Waals surface area contributed by atoms with Crippen LogP contribution in [0, 0.1) is 6.92 Å². The van der Waals surface area contributed by atoms with Crippen molar-refractivity contribution < 1.29 is 4.79 Å². The molecular formula is C20H26BrN5OS. The third-order valence-electron chi connectivity index (χ3n) is 4.37. The maximum atomic E-state index is 13.5. The lowest BCUT2D eigenvalue weighted by molar-refractivity contribution is 0.0974. The molecule has 28 heavy (non-hydrogen) atoms. The van der Waals surface area contributed by atoms with E-state index in [0.717, 1.165) is 38.5 Å². The van der Waals surface area contributed by atoms with E-state index in [1.165, 1.54) is 0 Å². The number of thiazole rings is 1. The maximum Gasteiger partial charge on any atom is 0.278 e. The van der Waals surface area contributed by atoms with Crippen molar-refractivity contribution in [3.8, 4) is 0 Å². The molecule has 3 aromatic rings. The summed E-state index contributed by atoms with van der Waals surface area (Å²) >= 11 is 5.05. The van der Waals surface area contributed by atoms with Crippen LogP contribution in [0.15, 0.2) is 28.7 Å². The van der Waals surface area contributed by atoms with Crippen LogP contribution in [0.3, 0.4) is 0 Å². The zero-order chi connectivity index (χ0) is 20.4. The number of rotatable bonds is 7. The molecule has 0 radical (unpaired) electrons. The summed E-state index contributed by atoms with van der Waals surface area (Å²) in [5, 5.41) is 5.24. The van der Waals surface area contributed by atoms with E-state index in [2.05, 4.69) is 25.9 Å². The molecule has 2 aromatic heterocycles. The van der Waals surface area contributed by atoms with E-state index >= 15 is 0 Å². The molecule has 1 amide bonds. The number of nitrogens with zero attached hydrogens (tertiary/aromatic N) is 5. The smallest absolute Gasteiger partial charge is 0.278 e. The Kier molecular flexibility index (Phi) is 6.52. The Labute approximate surface area is 178 Å².